The smallest absolute Gasteiger partial charge is 0.159 e. The summed E-state index contributed by atoms with van der Waals surface area (Å²) in [5.74, 6) is -1.46. The summed E-state index contributed by atoms with van der Waals surface area (Å²) >= 11 is 0. The van der Waals surface area contributed by atoms with Crippen molar-refractivity contribution in [1.29, 1.82) is 0 Å². The van der Waals surface area contributed by atoms with Crippen LogP contribution < -0.4 is 5.32 Å². The highest BCUT2D eigenvalue weighted by molar-refractivity contribution is 5.21. The van der Waals surface area contributed by atoms with Crippen LogP contribution in [0.4, 0.5) is 8.78 Å². The maximum Gasteiger partial charge on any atom is 0.159 e. The highest BCUT2D eigenvalue weighted by Crippen LogP contribution is 2.23. The molecule has 1 rings (SSSR count). The van der Waals surface area contributed by atoms with Crippen LogP contribution in [-0.2, 0) is 0 Å². The lowest BCUT2D eigenvalue weighted by molar-refractivity contribution is 0.181. The van der Waals surface area contributed by atoms with E-state index in [9.17, 15) is 13.9 Å². The SMILES string of the molecule is CC(C)[C@H](NC[C@H](C)O)c1ccc(F)c(F)c1. The molecule has 0 aliphatic heterocycles. The van der Waals surface area contributed by atoms with Crippen molar-refractivity contribution in [1.82, 2.24) is 5.32 Å². The Balaban J connectivity index is 2.85. The molecular weight excluding hydrogens is 224 g/mol. The minimum absolute atomic E-state index is 0.0975. The number of benzene rings is 1. The van der Waals surface area contributed by atoms with Crippen LogP contribution in [0.1, 0.15) is 32.4 Å². The fraction of sp³-hybridized carbons (Fsp3) is 0.538. The van der Waals surface area contributed by atoms with Gasteiger partial charge in [0.15, 0.2) is 11.6 Å². The third kappa shape index (κ3) is 4.06. The summed E-state index contributed by atoms with van der Waals surface area (Å²) in [6, 6.07) is 3.80. The van der Waals surface area contributed by atoms with Gasteiger partial charge < -0.3 is 10.4 Å². The molecule has 17 heavy (non-hydrogen) atoms. The van der Waals surface area contributed by atoms with Gasteiger partial charge in [-0.15, -0.1) is 0 Å². The molecule has 2 nitrogen and oxygen atoms in total. The monoisotopic (exact) mass is 243 g/mol. The minimum atomic E-state index is -0.841. The summed E-state index contributed by atoms with van der Waals surface area (Å²) in [6.45, 7) is 6.07. The zero-order chi connectivity index (χ0) is 13.0. The van der Waals surface area contributed by atoms with E-state index in [1.54, 1.807) is 13.0 Å². The zero-order valence-electron chi connectivity index (χ0n) is 10.4. The standard InChI is InChI=1S/C13H19F2NO/c1-8(2)13(16-7-9(3)17)10-4-5-11(14)12(15)6-10/h4-6,8-9,13,16-17H,7H2,1-3H3/t9-,13-/m0/s1. The molecule has 2 atom stereocenters. The lowest BCUT2D eigenvalue weighted by Crippen LogP contribution is -2.31. The Labute approximate surface area is 101 Å². The number of aliphatic hydroxyl groups excluding tert-OH is 1. The number of aliphatic hydroxyl groups is 1. The second kappa shape index (κ2) is 6.07. The van der Waals surface area contributed by atoms with E-state index in [1.807, 2.05) is 13.8 Å². The first-order chi connectivity index (χ1) is 7.91. The average Bonchev–Trinajstić information content (AvgIpc) is 2.22. The van der Waals surface area contributed by atoms with Crippen LogP contribution in [0.5, 0.6) is 0 Å². The molecular formula is C13H19F2NO. The molecule has 2 N–H and O–H groups in total. The van der Waals surface area contributed by atoms with Crippen LogP contribution in [0.25, 0.3) is 0 Å². The predicted octanol–water partition coefficient (Wildman–Crippen LogP) is 2.63. The molecule has 0 spiro atoms. The van der Waals surface area contributed by atoms with Crippen LogP contribution in [0.15, 0.2) is 18.2 Å². The van der Waals surface area contributed by atoms with E-state index in [2.05, 4.69) is 5.32 Å². The summed E-state index contributed by atoms with van der Waals surface area (Å²) in [7, 11) is 0. The van der Waals surface area contributed by atoms with Crippen molar-refractivity contribution in [2.75, 3.05) is 6.54 Å². The van der Waals surface area contributed by atoms with E-state index >= 15 is 0 Å². The first kappa shape index (κ1) is 14.1. The van der Waals surface area contributed by atoms with Crippen molar-refractivity contribution in [2.45, 2.75) is 32.9 Å². The molecule has 0 saturated heterocycles. The Hall–Kier alpha value is -1.00. The Bertz CT molecular complexity index is 366. The maximum absolute atomic E-state index is 13.1. The molecule has 1 aromatic rings. The van der Waals surface area contributed by atoms with E-state index in [0.29, 0.717) is 12.1 Å². The van der Waals surface area contributed by atoms with E-state index in [4.69, 9.17) is 0 Å². The molecule has 0 bridgehead atoms. The van der Waals surface area contributed by atoms with Gasteiger partial charge in [-0.25, -0.2) is 8.78 Å². The van der Waals surface area contributed by atoms with Crippen molar-refractivity contribution in [3.8, 4) is 0 Å². The summed E-state index contributed by atoms with van der Waals surface area (Å²) in [6.07, 6.45) is -0.471. The molecule has 0 aliphatic carbocycles. The normalized spacial score (nSPS) is 15.0. The molecule has 96 valence electrons. The largest absolute Gasteiger partial charge is 0.392 e. The lowest BCUT2D eigenvalue weighted by atomic mass is 9.95. The van der Waals surface area contributed by atoms with E-state index in [0.717, 1.165) is 6.07 Å². The van der Waals surface area contributed by atoms with Crippen molar-refractivity contribution in [2.24, 2.45) is 5.92 Å². The van der Waals surface area contributed by atoms with Gasteiger partial charge in [0.05, 0.1) is 6.10 Å². The van der Waals surface area contributed by atoms with Gasteiger partial charge in [0.2, 0.25) is 0 Å². The van der Waals surface area contributed by atoms with Gasteiger partial charge in [-0.1, -0.05) is 19.9 Å². The van der Waals surface area contributed by atoms with Gasteiger partial charge in [-0.3, -0.25) is 0 Å². The van der Waals surface area contributed by atoms with Gasteiger partial charge >= 0.3 is 0 Å². The van der Waals surface area contributed by atoms with Gasteiger partial charge in [0, 0.05) is 12.6 Å². The van der Waals surface area contributed by atoms with E-state index in [1.165, 1.54) is 6.07 Å². The Kier molecular flexibility index (Phi) is 5.02. The van der Waals surface area contributed by atoms with Crippen LogP contribution in [0.3, 0.4) is 0 Å². The number of hydrogen-bond donors (Lipinski definition) is 2. The second-order valence-corrected chi connectivity index (χ2v) is 4.65. The van der Waals surface area contributed by atoms with Crippen molar-refractivity contribution in [3.63, 3.8) is 0 Å². The first-order valence-electron chi connectivity index (χ1n) is 5.78. The van der Waals surface area contributed by atoms with Crippen molar-refractivity contribution in [3.05, 3.63) is 35.4 Å². The van der Waals surface area contributed by atoms with Crippen LogP contribution in [0, 0.1) is 17.6 Å². The highest BCUT2D eigenvalue weighted by atomic mass is 19.2. The Morgan fingerprint density at radius 1 is 1.18 bits per heavy atom. The van der Waals surface area contributed by atoms with E-state index in [-0.39, 0.29) is 12.0 Å². The van der Waals surface area contributed by atoms with Gasteiger partial charge in [0.1, 0.15) is 0 Å². The zero-order valence-corrected chi connectivity index (χ0v) is 10.4. The molecule has 0 aromatic heterocycles. The molecule has 4 heteroatoms. The summed E-state index contributed by atoms with van der Waals surface area (Å²) < 4.78 is 26.0. The van der Waals surface area contributed by atoms with Gasteiger partial charge in [-0.05, 0) is 30.5 Å². The lowest BCUT2D eigenvalue weighted by Gasteiger charge is -2.24. The number of halogens is 2. The fourth-order valence-electron chi connectivity index (χ4n) is 1.74. The minimum Gasteiger partial charge on any atom is -0.392 e. The van der Waals surface area contributed by atoms with Crippen LogP contribution in [-0.4, -0.2) is 17.8 Å². The van der Waals surface area contributed by atoms with Crippen molar-refractivity contribution >= 4 is 0 Å². The molecule has 0 saturated carbocycles. The molecule has 0 amide bonds. The third-order valence-corrected chi connectivity index (χ3v) is 2.60. The van der Waals surface area contributed by atoms with Crippen molar-refractivity contribution < 1.29 is 13.9 Å². The summed E-state index contributed by atoms with van der Waals surface area (Å²) in [4.78, 5) is 0. The Morgan fingerprint density at radius 2 is 1.82 bits per heavy atom. The molecule has 0 heterocycles. The molecule has 0 aliphatic rings. The molecule has 1 aromatic carbocycles. The number of rotatable bonds is 5. The van der Waals surface area contributed by atoms with E-state index < -0.39 is 17.7 Å². The molecule has 0 unspecified atom stereocenters. The quantitative estimate of drug-likeness (QED) is 0.833. The van der Waals surface area contributed by atoms with Gasteiger partial charge in [-0.2, -0.15) is 0 Å². The molecule has 0 radical (unpaired) electrons. The number of hydrogen-bond acceptors (Lipinski definition) is 2. The highest BCUT2D eigenvalue weighted by Gasteiger charge is 2.17. The summed E-state index contributed by atoms with van der Waals surface area (Å²) in [5, 5.41) is 12.4. The van der Waals surface area contributed by atoms with Gasteiger partial charge in [0.25, 0.3) is 0 Å². The predicted molar refractivity (Wildman–Crippen MR) is 63.6 cm³/mol. The third-order valence-electron chi connectivity index (χ3n) is 2.60. The van der Waals surface area contributed by atoms with Crippen LogP contribution in [0.2, 0.25) is 0 Å². The number of nitrogens with one attached hydrogen (secondary N) is 1. The maximum atomic E-state index is 13.1. The topological polar surface area (TPSA) is 32.3 Å². The molecule has 0 fully saturated rings. The summed E-state index contributed by atoms with van der Waals surface area (Å²) in [5.41, 5.74) is 0.694. The van der Waals surface area contributed by atoms with Crippen LogP contribution >= 0.6 is 0 Å². The second-order valence-electron chi connectivity index (χ2n) is 4.65. The average molecular weight is 243 g/mol. The Morgan fingerprint density at radius 3 is 2.29 bits per heavy atom. The first-order valence-corrected chi connectivity index (χ1v) is 5.78. The fourth-order valence-corrected chi connectivity index (χ4v) is 1.74.